The molecule has 6 heteroatoms. The summed E-state index contributed by atoms with van der Waals surface area (Å²) in [6.07, 6.45) is -0.842. The van der Waals surface area contributed by atoms with Crippen molar-refractivity contribution in [2.24, 2.45) is 11.7 Å². The van der Waals surface area contributed by atoms with Crippen molar-refractivity contribution in [1.29, 1.82) is 0 Å². The fraction of sp³-hybridized carbons (Fsp3) is 0.750. The molecule has 82 valence electrons. The second-order valence-corrected chi connectivity index (χ2v) is 3.70. The molecule has 5 nitrogen and oxygen atoms in total. The van der Waals surface area contributed by atoms with Crippen molar-refractivity contribution in [2.45, 2.75) is 19.1 Å². The molecule has 3 N–H and O–H groups in total. The summed E-state index contributed by atoms with van der Waals surface area (Å²) < 4.78 is 4.43. The van der Waals surface area contributed by atoms with Gasteiger partial charge in [-0.15, -0.1) is 0 Å². The third-order valence-electron chi connectivity index (χ3n) is 1.55. The van der Waals surface area contributed by atoms with Gasteiger partial charge in [-0.05, 0) is 5.92 Å². The minimum atomic E-state index is -0.842. The molecule has 0 heterocycles. The van der Waals surface area contributed by atoms with Gasteiger partial charge in [0.15, 0.2) is 0 Å². The van der Waals surface area contributed by atoms with Crippen molar-refractivity contribution in [3.8, 4) is 0 Å². The van der Waals surface area contributed by atoms with E-state index in [1.54, 1.807) is 0 Å². The van der Waals surface area contributed by atoms with Gasteiger partial charge in [0.05, 0.1) is 11.8 Å². The van der Waals surface area contributed by atoms with Crippen LogP contribution in [0.1, 0.15) is 13.8 Å². The molecule has 0 aromatic rings. The highest BCUT2D eigenvalue weighted by Crippen LogP contribution is 2.07. The number of amides is 2. The average Bonchev–Trinajstić information content (AvgIpc) is 2.10. The zero-order valence-electron chi connectivity index (χ0n) is 8.32. The van der Waals surface area contributed by atoms with E-state index in [1.165, 1.54) is 0 Å². The standard InChI is InChI=1S/C8H16N2O3S/c1-5(2)6(14)7(11)10-3-4-13-8(9)12/h5-6,14H,3-4H2,1-2H3,(H2,9,12)(H,10,11). The zero-order chi connectivity index (χ0) is 11.1. The summed E-state index contributed by atoms with van der Waals surface area (Å²) in [5.74, 6) is -0.00760. The van der Waals surface area contributed by atoms with E-state index in [9.17, 15) is 9.59 Å². The summed E-state index contributed by atoms with van der Waals surface area (Å²) in [7, 11) is 0. The number of carbonyl (C=O) groups is 2. The molecule has 0 bridgehead atoms. The lowest BCUT2D eigenvalue weighted by atomic mass is 10.1. The minimum absolute atomic E-state index is 0.0830. The van der Waals surface area contributed by atoms with Gasteiger partial charge in [-0.25, -0.2) is 4.79 Å². The summed E-state index contributed by atoms with van der Waals surface area (Å²) >= 11 is 4.12. The molecule has 0 saturated heterocycles. The molecule has 0 fully saturated rings. The quantitative estimate of drug-likeness (QED) is 0.456. The van der Waals surface area contributed by atoms with Crippen molar-refractivity contribution >= 4 is 24.6 Å². The topological polar surface area (TPSA) is 81.4 Å². The third kappa shape index (κ3) is 5.69. The van der Waals surface area contributed by atoms with Crippen molar-refractivity contribution in [1.82, 2.24) is 5.32 Å². The Bertz CT molecular complexity index is 209. The fourth-order valence-corrected chi connectivity index (χ4v) is 0.824. The molecular weight excluding hydrogens is 204 g/mol. The van der Waals surface area contributed by atoms with Crippen LogP contribution in [-0.2, 0) is 9.53 Å². The van der Waals surface area contributed by atoms with E-state index in [-0.39, 0.29) is 30.2 Å². The molecule has 0 spiro atoms. The summed E-state index contributed by atoms with van der Waals surface area (Å²) in [4.78, 5) is 21.4. The van der Waals surface area contributed by atoms with Crippen molar-refractivity contribution in [3.63, 3.8) is 0 Å². The van der Waals surface area contributed by atoms with Crippen LogP contribution in [0, 0.1) is 5.92 Å². The smallest absolute Gasteiger partial charge is 0.404 e. The zero-order valence-corrected chi connectivity index (χ0v) is 9.21. The van der Waals surface area contributed by atoms with Gasteiger partial charge in [0.25, 0.3) is 0 Å². The van der Waals surface area contributed by atoms with E-state index in [0.717, 1.165) is 0 Å². The maximum Gasteiger partial charge on any atom is 0.404 e. The number of carbonyl (C=O) groups excluding carboxylic acids is 2. The number of ether oxygens (including phenoxy) is 1. The lowest BCUT2D eigenvalue weighted by Gasteiger charge is -2.14. The third-order valence-corrected chi connectivity index (χ3v) is 2.38. The number of thiol groups is 1. The summed E-state index contributed by atoms with van der Waals surface area (Å²) in [6.45, 7) is 4.14. The lowest BCUT2D eigenvalue weighted by Crippen LogP contribution is -2.36. The van der Waals surface area contributed by atoms with Gasteiger partial charge in [-0.2, -0.15) is 12.6 Å². The highest BCUT2D eigenvalue weighted by Gasteiger charge is 2.16. The number of hydrogen-bond donors (Lipinski definition) is 3. The predicted octanol–water partition coefficient (Wildman–Crippen LogP) is 0.152. The Kier molecular flexibility index (Phi) is 6.11. The molecule has 0 aromatic carbocycles. The Labute approximate surface area is 88.8 Å². The molecule has 0 saturated carbocycles. The van der Waals surface area contributed by atoms with Gasteiger partial charge in [-0.1, -0.05) is 13.8 Å². The van der Waals surface area contributed by atoms with Gasteiger partial charge in [-0.3, -0.25) is 4.79 Å². The maximum atomic E-state index is 11.3. The molecule has 1 atom stereocenters. The van der Waals surface area contributed by atoms with Crippen LogP contribution in [0.2, 0.25) is 0 Å². The fourth-order valence-electron chi connectivity index (χ4n) is 0.733. The number of nitrogens with one attached hydrogen (secondary N) is 1. The van der Waals surface area contributed by atoms with E-state index >= 15 is 0 Å². The van der Waals surface area contributed by atoms with Crippen LogP contribution in [0.4, 0.5) is 4.79 Å². The second kappa shape index (κ2) is 6.53. The number of rotatable bonds is 5. The molecule has 0 aliphatic carbocycles. The van der Waals surface area contributed by atoms with Crippen LogP contribution >= 0.6 is 12.6 Å². The van der Waals surface area contributed by atoms with Gasteiger partial charge in [0, 0.05) is 0 Å². The van der Waals surface area contributed by atoms with Crippen LogP contribution in [-0.4, -0.2) is 30.4 Å². The Morgan fingerprint density at radius 2 is 2.07 bits per heavy atom. The van der Waals surface area contributed by atoms with Crippen LogP contribution in [0.3, 0.4) is 0 Å². The first-order chi connectivity index (χ1) is 6.45. The first-order valence-electron chi connectivity index (χ1n) is 4.33. The highest BCUT2D eigenvalue weighted by molar-refractivity contribution is 7.81. The molecule has 0 aliphatic heterocycles. The molecule has 0 aliphatic rings. The average molecular weight is 220 g/mol. The monoisotopic (exact) mass is 220 g/mol. The first kappa shape index (κ1) is 13.1. The predicted molar refractivity (Wildman–Crippen MR) is 56.2 cm³/mol. The van der Waals surface area contributed by atoms with E-state index < -0.39 is 6.09 Å². The highest BCUT2D eigenvalue weighted by atomic mass is 32.1. The van der Waals surface area contributed by atoms with Crippen molar-refractivity contribution < 1.29 is 14.3 Å². The summed E-state index contributed by atoms with van der Waals surface area (Å²) in [5, 5.41) is 2.23. The molecule has 14 heavy (non-hydrogen) atoms. The number of hydrogen-bond acceptors (Lipinski definition) is 4. The van der Waals surface area contributed by atoms with Crippen LogP contribution in [0.25, 0.3) is 0 Å². The Morgan fingerprint density at radius 3 is 2.50 bits per heavy atom. The van der Waals surface area contributed by atoms with Crippen LogP contribution in [0.5, 0.6) is 0 Å². The number of nitrogens with two attached hydrogens (primary N) is 1. The van der Waals surface area contributed by atoms with Crippen LogP contribution in [0.15, 0.2) is 0 Å². The Hall–Kier alpha value is -0.910. The van der Waals surface area contributed by atoms with Crippen LogP contribution < -0.4 is 11.1 Å². The van der Waals surface area contributed by atoms with Crippen molar-refractivity contribution in [3.05, 3.63) is 0 Å². The van der Waals surface area contributed by atoms with Gasteiger partial charge < -0.3 is 15.8 Å². The van der Waals surface area contributed by atoms with E-state index in [0.29, 0.717) is 0 Å². The Morgan fingerprint density at radius 1 is 1.50 bits per heavy atom. The minimum Gasteiger partial charge on any atom is -0.448 e. The SMILES string of the molecule is CC(C)C(S)C(=O)NCCOC(N)=O. The molecule has 0 rings (SSSR count). The van der Waals surface area contributed by atoms with E-state index in [1.807, 2.05) is 13.8 Å². The summed E-state index contributed by atoms with van der Waals surface area (Å²) in [6, 6.07) is 0. The van der Waals surface area contributed by atoms with Gasteiger partial charge in [0.2, 0.25) is 5.91 Å². The molecule has 2 amide bonds. The molecule has 1 unspecified atom stereocenters. The van der Waals surface area contributed by atoms with Gasteiger partial charge >= 0.3 is 6.09 Å². The molecule has 0 aromatic heterocycles. The molecule has 0 radical (unpaired) electrons. The number of primary amides is 1. The lowest BCUT2D eigenvalue weighted by molar-refractivity contribution is -0.121. The summed E-state index contributed by atoms with van der Waals surface area (Å²) in [5.41, 5.74) is 4.73. The van der Waals surface area contributed by atoms with Crippen molar-refractivity contribution in [2.75, 3.05) is 13.2 Å². The largest absolute Gasteiger partial charge is 0.448 e. The first-order valence-corrected chi connectivity index (χ1v) is 4.84. The normalized spacial score (nSPS) is 12.3. The van der Waals surface area contributed by atoms with E-state index in [2.05, 4.69) is 22.7 Å². The maximum absolute atomic E-state index is 11.3. The van der Waals surface area contributed by atoms with Gasteiger partial charge in [0.1, 0.15) is 6.61 Å². The molecular formula is C8H16N2O3S. The Balaban J connectivity index is 3.59. The van der Waals surface area contributed by atoms with E-state index in [4.69, 9.17) is 5.73 Å². The second-order valence-electron chi connectivity index (χ2n) is 3.15.